The normalized spacial score (nSPS) is 19.0. The average molecular weight is 551 g/mol. The first kappa shape index (κ1) is 26.5. The fraction of sp³-hybridized carbons (Fsp3) is 0.286. The molecule has 0 saturated carbocycles. The number of amidine groups is 1. The molecule has 0 spiro atoms. The van der Waals surface area contributed by atoms with Crippen LogP contribution in [0.4, 0.5) is 18.9 Å². The summed E-state index contributed by atoms with van der Waals surface area (Å²) in [6.45, 7) is 1.79. The lowest BCUT2D eigenvalue weighted by Crippen LogP contribution is -2.32. The predicted octanol–water partition coefficient (Wildman–Crippen LogP) is 4.81. The SMILES string of the molecule is CCC(N)=C(Br)C1=NC(/C=C\C(=O)OC)(/C=C/C(=O)OC)c2cc(C(F)(F)F)cc(Cl)c2N1. The van der Waals surface area contributed by atoms with Gasteiger partial charge in [-0.15, -0.1) is 0 Å². The van der Waals surface area contributed by atoms with E-state index in [0.29, 0.717) is 16.6 Å². The van der Waals surface area contributed by atoms with Gasteiger partial charge in [0, 0.05) is 23.4 Å². The second-order valence-electron chi connectivity index (χ2n) is 6.69. The average Bonchev–Trinajstić information content (AvgIpc) is 2.79. The molecular formula is C21H20BrClF3N3O4. The summed E-state index contributed by atoms with van der Waals surface area (Å²) < 4.78 is 50.2. The van der Waals surface area contributed by atoms with Gasteiger partial charge >= 0.3 is 18.1 Å². The Morgan fingerprint density at radius 3 is 2.21 bits per heavy atom. The molecule has 1 unspecified atom stereocenters. The number of halogens is 5. The minimum Gasteiger partial charge on any atom is -0.466 e. The van der Waals surface area contributed by atoms with Crippen LogP contribution in [0.3, 0.4) is 0 Å². The number of hydrogen-bond donors (Lipinski definition) is 2. The Morgan fingerprint density at radius 2 is 1.76 bits per heavy atom. The Labute approximate surface area is 201 Å². The summed E-state index contributed by atoms with van der Waals surface area (Å²) in [6, 6.07) is 1.59. The van der Waals surface area contributed by atoms with Gasteiger partial charge in [0.05, 0.1) is 35.0 Å². The van der Waals surface area contributed by atoms with E-state index in [4.69, 9.17) is 17.3 Å². The number of hydrogen-bond acceptors (Lipinski definition) is 7. The first-order valence-electron chi connectivity index (χ1n) is 9.35. The van der Waals surface area contributed by atoms with Crippen molar-refractivity contribution in [3.05, 3.63) is 62.8 Å². The second-order valence-corrected chi connectivity index (χ2v) is 7.90. The zero-order chi connectivity index (χ0) is 25.0. The van der Waals surface area contributed by atoms with Crippen LogP contribution in [0.15, 0.2) is 51.6 Å². The van der Waals surface area contributed by atoms with Crippen LogP contribution in [0.5, 0.6) is 0 Å². The number of nitrogens with two attached hydrogens (primary N) is 1. The minimum atomic E-state index is -4.72. The highest BCUT2D eigenvalue weighted by Gasteiger charge is 2.40. The molecule has 7 nitrogen and oxygen atoms in total. The van der Waals surface area contributed by atoms with E-state index >= 15 is 0 Å². The number of anilines is 1. The molecule has 0 amide bonds. The Kier molecular flexibility index (Phi) is 8.36. The van der Waals surface area contributed by atoms with E-state index in [1.807, 2.05) is 0 Å². The highest BCUT2D eigenvalue weighted by atomic mass is 79.9. The van der Waals surface area contributed by atoms with Crippen LogP contribution < -0.4 is 11.1 Å². The van der Waals surface area contributed by atoms with Crippen LogP contribution in [0, 0.1) is 0 Å². The molecule has 33 heavy (non-hydrogen) atoms. The number of rotatable bonds is 6. The fourth-order valence-electron chi connectivity index (χ4n) is 2.85. The lowest BCUT2D eigenvalue weighted by atomic mass is 9.85. The zero-order valence-corrected chi connectivity index (χ0v) is 20.1. The van der Waals surface area contributed by atoms with Gasteiger partial charge < -0.3 is 20.5 Å². The third-order valence-corrected chi connectivity index (χ3v) is 5.79. The molecule has 0 radical (unpaired) electrons. The molecular weight excluding hydrogens is 531 g/mol. The molecule has 0 bridgehead atoms. The van der Waals surface area contributed by atoms with Crippen molar-refractivity contribution in [2.24, 2.45) is 10.7 Å². The highest BCUT2D eigenvalue weighted by molar-refractivity contribution is 9.12. The summed E-state index contributed by atoms with van der Waals surface area (Å²) in [7, 11) is 2.27. The van der Waals surface area contributed by atoms with Gasteiger partial charge in [0.15, 0.2) is 0 Å². The van der Waals surface area contributed by atoms with E-state index in [2.05, 4.69) is 35.7 Å². The summed E-state index contributed by atoms with van der Waals surface area (Å²) in [5.41, 5.74) is 3.58. The zero-order valence-electron chi connectivity index (χ0n) is 17.7. The molecule has 0 aliphatic carbocycles. The Bertz CT molecular complexity index is 1060. The third-order valence-electron chi connectivity index (χ3n) is 4.61. The number of methoxy groups -OCH3 is 2. The lowest BCUT2D eigenvalue weighted by Gasteiger charge is -2.34. The molecule has 1 aliphatic heterocycles. The van der Waals surface area contributed by atoms with Gasteiger partial charge in [0.2, 0.25) is 0 Å². The number of nitrogens with one attached hydrogen (secondary N) is 1. The number of aliphatic imine (C=N–C) groups is 1. The summed E-state index contributed by atoms with van der Waals surface area (Å²) in [6.07, 6.45) is 0.0465. The molecule has 0 fully saturated rings. The number of allylic oxidation sites excluding steroid dienone is 1. The van der Waals surface area contributed by atoms with E-state index < -0.39 is 29.2 Å². The monoisotopic (exact) mass is 549 g/mol. The van der Waals surface area contributed by atoms with E-state index in [1.54, 1.807) is 6.92 Å². The van der Waals surface area contributed by atoms with Crippen LogP contribution in [-0.4, -0.2) is 32.0 Å². The van der Waals surface area contributed by atoms with Crippen LogP contribution in [0.25, 0.3) is 0 Å². The number of carbonyl (C=O) groups is 2. The maximum atomic E-state index is 13.6. The Balaban J connectivity index is 2.96. The minimum absolute atomic E-state index is 0.0678. The van der Waals surface area contributed by atoms with Gasteiger partial charge in [-0.25, -0.2) is 14.6 Å². The molecule has 12 heteroatoms. The van der Waals surface area contributed by atoms with Crippen molar-refractivity contribution in [3.63, 3.8) is 0 Å². The smallest absolute Gasteiger partial charge is 0.416 e. The van der Waals surface area contributed by atoms with Gasteiger partial charge in [-0.3, -0.25) is 0 Å². The van der Waals surface area contributed by atoms with E-state index in [9.17, 15) is 22.8 Å². The molecule has 1 heterocycles. The third kappa shape index (κ3) is 5.97. The second kappa shape index (κ2) is 10.4. The maximum absolute atomic E-state index is 13.6. The first-order valence-corrected chi connectivity index (χ1v) is 10.5. The van der Waals surface area contributed by atoms with Crippen molar-refractivity contribution in [3.8, 4) is 0 Å². The van der Waals surface area contributed by atoms with Crippen molar-refractivity contribution >= 4 is 51.0 Å². The fourth-order valence-corrected chi connectivity index (χ4v) is 3.59. The molecule has 1 aliphatic rings. The summed E-state index contributed by atoms with van der Waals surface area (Å²) in [4.78, 5) is 28.2. The van der Waals surface area contributed by atoms with Crippen molar-refractivity contribution in [2.75, 3.05) is 19.5 Å². The number of benzene rings is 1. The number of alkyl halides is 3. The summed E-state index contributed by atoms with van der Waals surface area (Å²) >= 11 is 9.57. The van der Waals surface area contributed by atoms with Gasteiger partial charge in [0.1, 0.15) is 11.4 Å². The van der Waals surface area contributed by atoms with Crippen molar-refractivity contribution in [2.45, 2.75) is 25.1 Å². The van der Waals surface area contributed by atoms with E-state index in [1.165, 1.54) is 12.2 Å². The van der Waals surface area contributed by atoms with Gasteiger partial charge in [-0.05, 0) is 46.6 Å². The quantitative estimate of drug-likeness (QED) is 0.389. The van der Waals surface area contributed by atoms with Crippen LogP contribution in [0.2, 0.25) is 5.02 Å². The van der Waals surface area contributed by atoms with Crippen molar-refractivity contribution in [1.29, 1.82) is 0 Å². The molecule has 1 aromatic rings. The standard InChI is InChI=1S/C21H20BrClF3N3O4/c1-4-14(27)17(22)19-28-18-12(9-11(10-13(18)23)21(24,25)26)20(29-19,7-5-15(30)32-2)8-6-16(31)33-3/h5-10H,4,27H2,1-3H3,(H,28,29)/b7-5-,8-6+,17-14?. The van der Waals surface area contributed by atoms with Crippen LogP contribution in [0.1, 0.15) is 24.5 Å². The van der Waals surface area contributed by atoms with Gasteiger partial charge in [-0.1, -0.05) is 18.5 Å². The molecule has 1 aromatic carbocycles. The number of carbonyl (C=O) groups excluding carboxylic acids is 2. The van der Waals surface area contributed by atoms with E-state index in [0.717, 1.165) is 38.5 Å². The molecule has 2 rings (SSSR count). The number of nitrogens with zero attached hydrogens (tertiary/aromatic N) is 1. The van der Waals surface area contributed by atoms with Gasteiger partial charge in [-0.2, -0.15) is 13.2 Å². The largest absolute Gasteiger partial charge is 0.466 e. The summed E-state index contributed by atoms with van der Waals surface area (Å²) in [5, 5.41) is 2.62. The molecule has 0 aromatic heterocycles. The topological polar surface area (TPSA) is 103 Å². The molecule has 1 atom stereocenters. The lowest BCUT2D eigenvalue weighted by molar-refractivity contribution is -0.138. The molecule has 3 N–H and O–H groups in total. The van der Waals surface area contributed by atoms with E-state index in [-0.39, 0.29) is 22.1 Å². The maximum Gasteiger partial charge on any atom is 0.416 e. The predicted molar refractivity (Wildman–Crippen MR) is 122 cm³/mol. The Morgan fingerprint density at radius 1 is 1.21 bits per heavy atom. The number of esters is 2. The van der Waals surface area contributed by atoms with Crippen LogP contribution >= 0.6 is 27.5 Å². The molecule has 0 saturated heterocycles. The highest BCUT2D eigenvalue weighted by Crippen LogP contribution is 2.46. The first-order chi connectivity index (χ1) is 15.4. The summed E-state index contributed by atoms with van der Waals surface area (Å²) in [5.74, 6) is -1.47. The number of fused-ring (bicyclic) bond motifs is 1. The Hall–Kier alpha value is -2.79. The van der Waals surface area contributed by atoms with Crippen molar-refractivity contribution < 1.29 is 32.2 Å². The molecule has 178 valence electrons. The van der Waals surface area contributed by atoms with Crippen LogP contribution in [-0.2, 0) is 30.8 Å². The van der Waals surface area contributed by atoms with Gasteiger partial charge in [0.25, 0.3) is 0 Å². The number of ether oxygens (including phenoxy) is 2. The van der Waals surface area contributed by atoms with Crippen molar-refractivity contribution in [1.82, 2.24) is 0 Å².